The van der Waals surface area contributed by atoms with E-state index >= 15 is 0 Å². The number of methoxy groups -OCH3 is 1. The van der Waals surface area contributed by atoms with Gasteiger partial charge in [0.05, 0.1) is 19.1 Å². The summed E-state index contributed by atoms with van der Waals surface area (Å²) in [5.41, 5.74) is 5.97. The number of ether oxygens (including phenoxy) is 2. The van der Waals surface area contributed by atoms with E-state index in [1.165, 1.54) is 0 Å². The van der Waals surface area contributed by atoms with Gasteiger partial charge in [-0.1, -0.05) is 19.4 Å². The fourth-order valence-corrected chi connectivity index (χ4v) is 2.30. The lowest BCUT2D eigenvalue weighted by Gasteiger charge is -2.29. The molecule has 0 bridgehead atoms. The number of rotatable bonds is 8. The van der Waals surface area contributed by atoms with E-state index in [0.717, 1.165) is 12.1 Å². The normalized spacial score (nSPS) is 13.6. The number of nitrogens with zero attached hydrogens (tertiary/aromatic N) is 1. The SMILES string of the molecule is CCCC(CN)(Cc1cccc(OC)n1)C(=O)OCC. The van der Waals surface area contributed by atoms with Crippen LogP contribution in [0.3, 0.4) is 0 Å². The predicted molar refractivity (Wildman–Crippen MR) is 77.5 cm³/mol. The summed E-state index contributed by atoms with van der Waals surface area (Å²) in [6.45, 7) is 4.44. The Kier molecular flexibility index (Phi) is 6.45. The predicted octanol–water partition coefficient (Wildman–Crippen LogP) is 1.94. The van der Waals surface area contributed by atoms with Gasteiger partial charge >= 0.3 is 5.97 Å². The van der Waals surface area contributed by atoms with Crippen molar-refractivity contribution in [2.45, 2.75) is 33.1 Å². The van der Waals surface area contributed by atoms with Crippen molar-refractivity contribution in [2.24, 2.45) is 11.1 Å². The minimum atomic E-state index is -0.704. The zero-order valence-corrected chi connectivity index (χ0v) is 12.5. The molecule has 0 spiro atoms. The van der Waals surface area contributed by atoms with Gasteiger partial charge in [0.15, 0.2) is 0 Å². The smallest absolute Gasteiger partial charge is 0.313 e. The van der Waals surface area contributed by atoms with Gasteiger partial charge in [0.1, 0.15) is 0 Å². The van der Waals surface area contributed by atoms with Crippen LogP contribution in [0.4, 0.5) is 0 Å². The average Bonchev–Trinajstić information content (AvgIpc) is 2.47. The highest BCUT2D eigenvalue weighted by Crippen LogP contribution is 2.29. The highest BCUT2D eigenvalue weighted by Gasteiger charge is 2.38. The quantitative estimate of drug-likeness (QED) is 0.737. The highest BCUT2D eigenvalue weighted by molar-refractivity contribution is 5.77. The Balaban J connectivity index is 3.01. The van der Waals surface area contributed by atoms with E-state index in [4.69, 9.17) is 15.2 Å². The topological polar surface area (TPSA) is 74.4 Å². The minimum Gasteiger partial charge on any atom is -0.481 e. The average molecular weight is 280 g/mol. The summed E-state index contributed by atoms with van der Waals surface area (Å²) in [5.74, 6) is 0.294. The van der Waals surface area contributed by atoms with Gasteiger partial charge in [-0.25, -0.2) is 4.98 Å². The van der Waals surface area contributed by atoms with Crippen LogP contribution in [0.25, 0.3) is 0 Å². The van der Waals surface area contributed by atoms with Crippen LogP contribution in [0.2, 0.25) is 0 Å². The lowest BCUT2D eigenvalue weighted by atomic mass is 9.79. The van der Waals surface area contributed by atoms with Crippen LogP contribution in [0.1, 0.15) is 32.4 Å². The van der Waals surface area contributed by atoms with Crippen LogP contribution >= 0.6 is 0 Å². The molecule has 1 rings (SSSR count). The molecule has 2 N–H and O–H groups in total. The monoisotopic (exact) mass is 280 g/mol. The number of carbonyl (C=O) groups excluding carboxylic acids is 1. The van der Waals surface area contributed by atoms with Crippen molar-refractivity contribution in [1.82, 2.24) is 4.98 Å². The number of pyridine rings is 1. The van der Waals surface area contributed by atoms with Crippen LogP contribution in [-0.4, -0.2) is 31.2 Å². The molecule has 5 heteroatoms. The summed E-state index contributed by atoms with van der Waals surface area (Å²) in [4.78, 5) is 16.6. The van der Waals surface area contributed by atoms with E-state index in [1.807, 2.05) is 19.1 Å². The van der Waals surface area contributed by atoms with Crippen LogP contribution in [0.5, 0.6) is 5.88 Å². The molecular formula is C15H24N2O3. The summed E-state index contributed by atoms with van der Waals surface area (Å²) in [7, 11) is 1.57. The second kappa shape index (κ2) is 7.85. The van der Waals surface area contributed by atoms with Gasteiger partial charge in [-0.2, -0.15) is 0 Å². The Labute approximate surface area is 120 Å². The third kappa shape index (κ3) is 3.93. The summed E-state index contributed by atoms with van der Waals surface area (Å²) < 4.78 is 10.3. The Bertz CT molecular complexity index is 437. The van der Waals surface area contributed by atoms with Gasteiger partial charge in [0.25, 0.3) is 0 Å². The molecule has 0 aromatic carbocycles. The van der Waals surface area contributed by atoms with Crippen molar-refractivity contribution in [1.29, 1.82) is 0 Å². The van der Waals surface area contributed by atoms with Gasteiger partial charge in [-0.05, 0) is 19.4 Å². The van der Waals surface area contributed by atoms with E-state index < -0.39 is 5.41 Å². The largest absolute Gasteiger partial charge is 0.481 e. The molecular weight excluding hydrogens is 256 g/mol. The third-order valence-electron chi connectivity index (χ3n) is 3.34. The Morgan fingerprint density at radius 3 is 2.70 bits per heavy atom. The number of nitrogens with two attached hydrogens (primary N) is 1. The van der Waals surface area contributed by atoms with Crippen molar-refractivity contribution in [3.63, 3.8) is 0 Å². The molecule has 0 aliphatic carbocycles. The molecule has 0 saturated carbocycles. The first-order valence-electron chi connectivity index (χ1n) is 6.99. The Hall–Kier alpha value is -1.62. The van der Waals surface area contributed by atoms with Crippen molar-refractivity contribution in [3.05, 3.63) is 23.9 Å². The molecule has 1 aromatic heterocycles. The van der Waals surface area contributed by atoms with Crippen molar-refractivity contribution < 1.29 is 14.3 Å². The molecule has 0 aliphatic rings. The molecule has 0 saturated heterocycles. The number of carbonyl (C=O) groups is 1. The zero-order chi connectivity index (χ0) is 15.0. The lowest BCUT2D eigenvalue weighted by Crippen LogP contribution is -2.42. The summed E-state index contributed by atoms with van der Waals surface area (Å²) in [6.07, 6.45) is 2.01. The molecule has 20 heavy (non-hydrogen) atoms. The molecule has 112 valence electrons. The van der Waals surface area contributed by atoms with E-state index in [9.17, 15) is 4.79 Å². The molecule has 1 aromatic rings. The first-order valence-corrected chi connectivity index (χ1v) is 6.99. The van der Waals surface area contributed by atoms with E-state index in [0.29, 0.717) is 25.3 Å². The van der Waals surface area contributed by atoms with E-state index in [-0.39, 0.29) is 12.5 Å². The first-order chi connectivity index (χ1) is 9.61. The second-order valence-electron chi connectivity index (χ2n) is 4.80. The number of esters is 1. The highest BCUT2D eigenvalue weighted by atomic mass is 16.5. The Morgan fingerprint density at radius 1 is 1.40 bits per heavy atom. The molecule has 0 amide bonds. The van der Waals surface area contributed by atoms with Crippen LogP contribution in [0, 0.1) is 5.41 Å². The van der Waals surface area contributed by atoms with Gasteiger partial charge in [0, 0.05) is 24.7 Å². The lowest BCUT2D eigenvalue weighted by molar-refractivity contribution is -0.155. The van der Waals surface area contributed by atoms with Gasteiger partial charge in [0.2, 0.25) is 5.88 Å². The first kappa shape index (κ1) is 16.4. The molecule has 1 atom stereocenters. The molecule has 0 radical (unpaired) electrons. The van der Waals surface area contributed by atoms with Gasteiger partial charge < -0.3 is 15.2 Å². The standard InChI is InChI=1S/C15H24N2O3/c1-4-9-15(11-16,14(18)20-5-2)10-12-7-6-8-13(17-12)19-3/h6-8H,4-5,9-11,16H2,1-3H3. The van der Waals surface area contributed by atoms with Crippen LogP contribution in [0.15, 0.2) is 18.2 Å². The number of hydrogen-bond acceptors (Lipinski definition) is 5. The van der Waals surface area contributed by atoms with Gasteiger partial charge in [-0.15, -0.1) is 0 Å². The van der Waals surface area contributed by atoms with Crippen molar-refractivity contribution >= 4 is 5.97 Å². The molecule has 5 nitrogen and oxygen atoms in total. The van der Waals surface area contributed by atoms with Crippen LogP contribution in [-0.2, 0) is 16.0 Å². The number of hydrogen-bond donors (Lipinski definition) is 1. The van der Waals surface area contributed by atoms with E-state index in [1.54, 1.807) is 20.1 Å². The minimum absolute atomic E-state index is 0.242. The van der Waals surface area contributed by atoms with Crippen molar-refractivity contribution in [3.8, 4) is 5.88 Å². The molecule has 0 aliphatic heterocycles. The maximum absolute atomic E-state index is 12.3. The van der Waals surface area contributed by atoms with Gasteiger partial charge in [-0.3, -0.25) is 4.79 Å². The number of aromatic nitrogens is 1. The molecule has 0 fully saturated rings. The Morgan fingerprint density at radius 2 is 2.15 bits per heavy atom. The fraction of sp³-hybridized carbons (Fsp3) is 0.600. The van der Waals surface area contributed by atoms with Crippen LogP contribution < -0.4 is 10.5 Å². The van der Waals surface area contributed by atoms with Crippen molar-refractivity contribution in [2.75, 3.05) is 20.3 Å². The summed E-state index contributed by atoms with van der Waals surface area (Å²) >= 11 is 0. The third-order valence-corrected chi connectivity index (χ3v) is 3.34. The summed E-state index contributed by atoms with van der Waals surface area (Å²) in [6, 6.07) is 5.51. The maximum atomic E-state index is 12.3. The van der Waals surface area contributed by atoms with E-state index in [2.05, 4.69) is 4.98 Å². The maximum Gasteiger partial charge on any atom is 0.313 e. The molecule has 1 unspecified atom stereocenters. The fourth-order valence-electron chi connectivity index (χ4n) is 2.30. The summed E-state index contributed by atoms with van der Waals surface area (Å²) in [5, 5.41) is 0. The molecule has 1 heterocycles. The zero-order valence-electron chi connectivity index (χ0n) is 12.5. The second-order valence-corrected chi connectivity index (χ2v) is 4.80.